The Morgan fingerprint density at radius 1 is 0.671 bits per heavy atom. The number of rotatable bonds is 21. The molecular formula is C55H80N10O8. The maximum absolute atomic E-state index is 14.6. The Bertz CT molecular complexity index is 2490. The summed E-state index contributed by atoms with van der Waals surface area (Å²) in [5.74, 6) is -3.35. The number of benzene rings is 3. The molecule has 8 amide bonds. The van der Waals surface area contributed by atoms with Gasteiger partial charge in [-0.05, 0) is 130 Å². The number of hydrogen-bond donors (Lipinski definition) is 9. The van der Waals surface area contributed by atoms with Gasteiger partial charge in [0.25, 0.3) is 11.8 Å². The summed E-state index contributed by atoms with van der Waals surface area (Å²) in [7, 11) is 3.30. The van der Waals surface area contributed by atoms with Gasteiger partial charge in [-0.25, -0.2) is 0 Å². The van der Waals surface area contributed by atoms with E-state index in [1.54, 1.807) is 78.2 Å². The van der Waals surface area contributed by atoms with Gasteiger partial charge in [0.1, 0.15) is 24.2 Å². The van der Waals surface area contributed by atoms with Gasteiger partial charge in [0.05, 0.1) is 18.1 Å². The van der Waals surface area contributed by atoms with E-state index in [0.717, 1.165) is 24.8 Å². The fraction of sp³-hybridized carbons (Fsp3) is 0.564. The van der Waals surface area contributed by atoms with E-state index in [2.05, 4.69) is 53.9 Å². The number of amides is 8. The molecule has 3 aromatic carbocycles. The van der Waals surface area contributed by atoms with E-state index in [4.69, 9.17) is 0 Å². The number of hydrogen-bond acceptors (Lipinski definition) is 10. The maximum atomic E-state index is 14.6. The average Bonchev–Trinajstić information content (AvgIpc) is 3.78. The molecule has 9 atom stereocenters. The van der Waals surface area contributed by atoms with Crippen molar-refractivity contribution in [1.82, 2.24) is 52.8 Å². The number of nitrogens with one attached hydrogen (secondary N) is 9. The summed E-state index contributed by atoms with van der Waals surface area (Å²) in [6.45, 7) is 18.4. The first kappa shape index (κ1) is 57.5. The SMILES string of the molecule is CN[C@@H](C)C(=O)N[C@H](C(=O)N[C@@H](CCNC(=O)c1ccc2cc(C(=O)N[C@H]3C[C@@H](C(=O)N[C@@H]4CCCc5ccccc54)N(C(=O)[C@@H](NC(=O)[C@H](C)NC)C(C)(C)C)C3)ccc2c1)C(=O)N[C@H](C)C(C)C)C(C)C. The Kier molecular flexibility index (Phi) is 20.1. The van der Waals surface area contributed by atoms with Crippen molar-refractivity contribution in [2.24, 2.45) is 17.3 Å². The van der Waals surface area contributed by atoms with Crippen LogP contribution in [0.5, 0.6) is 0 Å². The summed E-state index contributed by atoms with van der Waals surface area (Å²) in [5.41, 5.74) is 2.19. The zero-order valence-corrected chi connectivity index (χ0v) is 44.8. The summed E-state index contributed by atoms with van der Waals surface area (Å²) in [5, 5.41) is 27.8. The average molecular weight is 1010 g/mol. The van der Waals surface area contributed by atoms with Crippen molar-refractivity contribution in [3.63, 3.8) is 0 Å². The van der Waals surface area contributed by atoms with Crippen molar-refractivity contribution in [3.05, 3.63) is 82.9 Å². The lowest BCUT2D eigenvalue weighted by molar-refractivity contribution is -0.144. The standard InChI is InChI=1S/C55H80N10O8/c1-30(2)32(5)59-51(70)43(62-53(72)45(31(3)4)63-47(66)33(6)56-11)24-25-58-49(68)38-22-20-37-27-39(23-21-36(37)26-38)50(69)60-40-28-44(52(71)61-42-19-15-17-35-16-13-14-18-41(35)42)65(29-40)54(73)46(55(8,9)10)64-48(67)34(7)57-12/h13-14,16,18,20-23,26-27,30-34,40,42-46,56-57H,15,17,19,24-25,28-29H2,1-12H3,(H,58,68)(H,59,70)(H,60,69)(H,61,71)(H,62,72)(H,63,66)(H,64,67)/t32-,33+,34+,40+,42-,43+,44+,45+,46-/m1/s1. The van der Waals surface area contributed by atoms with E-state index >= 15 is 0 Å². The monoisotopic (exact) mass is 1010 g/mol. The molecule has 0 aromatic heterocycles. The van der Waals surface area contributed by atoms with E-state index in [1.807, 2.05) is 59.7 Å². The predicted octanol–water partition coefficient (Wildman–Crippen LogP) is 3.39. The van der Waals surface area contributed by atoms with Crippen molar-refractivity contribution < 1.29 is 38.4 Å². The maximum Gasteiger partial charge on any atom is 0.251 e. The van der Waals surface area contributed by atoms with E-state index in [9.17, 15) is 38.4 Å². The van der Waals surface area contributed by atoms with Crippen molar-refractivity contribution in [3.8, 4) is 0 Å². The molecule has 73 heavy (non-hydrogen) atoms. The molecule has 1 saturated heterocycles. The highest BCUT2D eigenvalue weighted by Crippen LogP contribution is 2.32. The van der Waals surface area contributed by atoms with E-state index in [1.165, 1.54) is 10.5 Å². The number of carbonyl (C=O) groups excluding carboxylic acids is 8. The molecule has 1 aliphatic carbocycles. The number of fused-ring (bicyclic) bond motifs is 2. The highest BCUT2D eigenvalue weighted by Gasteiger charge is 2.46. The quantitative estimate of drug-likeness (QED) is 0.0753. The van der Waals surface area contributed by atoms with Gasteiger partial charge in [-0.1, -0.05) is 84.9 Å². The molecular weight excluding hydrogens is 929 g/mol. The molecule has 0 saturated carbocycles. The first-order valence-electron chi connectivity index (χ1n) is 25.8. The second-order valence-corrected chi connectivity index (χ2v) is 21.5. The molecule has 9 N–H and O–H groups in total. The van der Waals surface area contributed by atoms with Crippen LogP contribution >= 0.6 is 0 Å². The van der Waals surface area contributed by atoms with Crippen molar-refractivity contribution in [2.45, 2.75) is 156 Å². The summed E-state index contributed by atoms with van der Waals surface area (Å²) < 4.78 is 0. The summed E-state index contributed by atoms with van der Waals surface area (Å²) in [4.78, 5) is 111. The van der Waals surface area contributed by atoms with Crippen LogP contribution in [-0.4, -0.2) is 128 Å². The summed E-state index contributed by atoms with van der Waals surface area (Å²) in [6.07, 6.45) is 2.80. The number of nitrogens with zero attached hydrogens (tertiary/aromatic N) is 1. The van der Waals surface area contributed by atoms with Gasteiger partial charge in [-0.2, -0.15) is 0 Å². The highest BCUT2D eigenvalue weighted by molar-refractivity contribution is 6.02. The summed E-state index contributed by atoms with van der Waals surface area (Å²) in [6, 6.07) is 12.3. The molecule has 0 spiro atoms. The number of carbonyl (C=O) groups is 8. The van der Waals surface area contributed by atoms with Gasteiger partial charge in [-0.3, -0.25) is 38.4 Å². The molecule has 18 nitrogen and oxygen atoms in total. The van der Waals surface area contributed by atoms with Gasteiger partial charge in [0.2, 0.25) is 35.4 Å². The van der Waals surface area contributed by atoms with Crippen LogP contribution in [-0.2, 0) is 35.2 Å². The molecule has 0 radical (unpaired) electrons. The van der Waals surface area contributed by atoms with Crippen LogP contribution in [0.2, 0.25) is 0 Å². The first-order chi connectivity index (χ1) is 34.4. The third-order valence-electron chi connectivity index (χ3n) is 14.3. The molecule has 398 valence electrons. The number of likely N-dealkylation sites (tertiary alicyclic amines) is 1. The van der Waals surface area contributed by atoms with Crippen molar-refractivity contribution >= 4 is 58.0 Å². The van der Waals surface area contributed by atoms with Gasteiger partial charge in [0, 0.05) is 36.3 Å². The Labute approximate surface area is 430 Å². The molecule has 18 heteroatoms. The van der Waals surface area contributed by atoms with Crippen LogP contribution < -0.4 is 47.9 Å². The van der Waals surface area contributed by atoms with E-state index in [0.29, 0.717) is 21.9 Å². The van der Waals surface area contributed by atoms with Crippen molar-refractivity contribution in [2.75, 3.05) is 27.2 Å². The van der Waals surface area contributed by atoms with Crippen LogP contribution in [0, 0.1) is 17.3 Å². The summed E-state index contributed by atoms with van der Waals surface area (Å²) >= 11 is 0. The highest BCUT2D eigenvalue weighted by atomic mass is 16.2. The minimum absolute atomic E-state index is 0.0435. The smallest absolute Gasteiger partial charge is 0.251 e. The lowest BCUT2D eigenvalue weighted by Gasteiger charge is -2.36. The van der Waals surface area contributed by atoms with Crippen LogP contribution in [0.25, 0.3) is 10.8 Å². The van der Waals surface area contributed by atoms with Crippen LogP contribution in [0.1, 0.15) is 133 Å². The first-order valence-corrected chi connectivity index (χ1v) is 25.8. The molecule has 0 unspecified atom stereocenters. The largest absolute Gasteiger partial charge is 0.352 e. The molecule has 1 heterocycles. The fourth-order valence-electron chi connectivity index (χ4n) is 9.01. The normalized spacial score (nSPS) is 19.1. The minimum atomic E-state index is -1.01. The number of likely N-dealkylation sites (N-methyl/N-ethyl adjacent to an activating group) is 2. The van der Waals surface area contributed by atoms with Crippen LogP contribution in [0.15, 0.2) is 60.7 Å². The third-order valence-corrected chi connectivity index (χ3v) is 14.3. The van der Waals surface area contributed by atoms with Gasteiger partial charge < -0.3 is 52.8 Å². The van der Waals surface area contributed by atoms with E-state index < -0.39 is 77.2 Å². The van der Waals surface area contributed by atoms with E-state index in [-0.39, 0.29) is 67.6 Å². The molecule has 1 aliphatic heterocycles. The van der Waals surface area contributed by atoms with Crippen LogP contribution in [0.3, 0.4) is 0 Å². The topological polar surface area (TPSA) is 248 Å². The third kappa shape index (κ3) is 15.1. The Hall–Kier alpha value is -6.40. The fourth-order valence-corrected chi connectivity index (χ4v) is 9.01. The Balaban J connectivity index is 1.28. The molecule has 2 aliphatic rings. The zero-order chi connectivity index (χ0) is 53.9. The molecule has 3 aromatic rings. The van der Waals surface area contributed by atoms with Gasteiger partial charge >= 0.3 is 0 Å². The van der Waals surface area contributed by atoms with Crippen LogP contribution in [0.4, 0.5) is 0 Å². The van der Waals surface area contributed by atoms with Crippen molar-refractivity contribution in [1.29, 1.82) is 0 Å². The molecule has 0 bridgehead atoms. The lowest BCUT2D eigenvalue weighted by Crippen LogP contribution is -2.59. The number of aryl methyl sites for hydroxylation is 1. The predicted molar refractivity (Wildman–Crippen MR) is 282 cm³/mol. The Morgan fingerprint density at radius 2 is 1.27 bits per heavy atom. The molecule has 5 rings (SSSR count). The lowest BCUT2D eigenvalue weighted by atomic mass is 9.85. The molecule has 1 fully saturated rings. The van der Waals surface area contributed by atoms with Gasteiger partial charge in [0.15, 0.2) is 0 Å². The second-order valence-electron chi connectivity index (χ2n) is 21.5. The second kappa shape index (κ2) is 25.5. The minimum Gasteiger partial charge on any atom is -0.352 e. The van der Waals surface area contributed by atoms with Gasteiger partial charge in [-0.15, -0.1) is 0 Å². The zero-order valence-electron chi connectivity index (χ0n) is 44.8. The Morgan fingerprint density at radius 3 is 1.86 bits per heavy atom.